The van der Waals surface area contributed by atoms with Crippen molar-refractivity contribution in [2.75, 3.05) is 0 Å². The van der Waals surface area contributed by atoms with E-state index in [-0.39, 0.29) is 11.8 Å². The third-order valence-corrected chi connectivity index (χ3v) is 4.79. The van der Waals surface area contributed by atoms with Crippen molar-refractivity contribution in [1.29, 1.82) is 0 Å². The normalized spacial score (nSPS) is 45.8. The Morgan fingerprint density at radius 2 is 1.84 bits per heavy atom. The third-order valence-electron chi connectivity index (χ3n) is 4.79. The molecule has 0 aromatic heterocycles. The maximum atomic E-state index is 11.7. The van der Waals surface area contributed by atoms with Crippen LogP contribution in [0.1, 0.15) is 12.8 Å². The third kappa shape index (κ3) is 1.63. The molecule has 0 radical (unpaired) electrons. The molecular weight excluding hydrogens is 244 g/mol. The van der Waals surface area contributed by atoms with E-state index in [1.165, 1.54) is 0 Å². The van der Waals surface area contributed by atoms with Gasteiger partial charge in [0.05, 0.1) is 18.1 Å². The molecule has 1 unspecified atom stereocenters. The van der Waals surface area contributed by atoms with Gasteiger partial charge in [-0.1, -0.05) is 25.3 Å². The van der Waals surface area contributed by atoms with E-state index in [9.17, 15) is 15.0 Å². The van der Waals surface area contributed by atoms with E-state index in [0.717, 1.165) is 5.57 Å². The molecule has 0 aromatic rings. The Kier molecular flexibility index (Phi) is 2.69. The Hall–Kier alpha value is -1.39. The lowest BCUT2D eigenvalue weighted by Gasteiger charge is -2.26. The number of rotatable bonds is 0. The Labute approximate surface area is 112 Å². The van der Waals surface area contributed by atoms with Crippen molar-refractivity contribution in [2.45, 2.75) is 31.2 Å². The number of hydrogen-bond donors (Lipinski definition) is 2. The second-order valence-electron chi connectivity index (χ2n) is 5.81. The van der Waals surface area contributed by atoms with E-state index in [1.54, 1.807) is 0 Å². The summed E-state index contributed by atoms with van der Waals surface area (Å²) in [6.07, 6.45) is -0.800. The minimum atomic E-state index is -0.702. The fourth-order valence-electron chi connectivity index (χ4n) is 3.78. The standard InChI is InChI=1S/C15H18O4/c1-6-4-11(17)13-8(3)15(18)19-14(13)12-7(2)10(16)5-9(6)12/h9-14,16-17H,1-5H2/t9-,10-,11-,12-,13+,14?/m0/s1. The molecule has 3 rings (SSSR count). The average molecular weight is 262 g/mol. The highest BCUT2D eigenvalue weighted by Crippen LogP contribution is 2.51. The highest BCUT2D eigenvalue weighted by Gasteiger charge is 2.55. The summed E-state index contributed by atoms with van der Waals surface area (Å²) in [5.41, 5.74) is 1.89. The molecule has 2 N–H and O–H groups in total. The maximum Gasteiger partial charge on any atom is 0.334 e. The Balaban J connectivity index is 2.05. The molecule has 3 fully saturated rings. The van der Waals surface area contributed by atoms with E-state index >= 15 is 0 Å². The number of carbonyl (C=O) groups excluding carboxylic acids is 1. The number of aliphatic hydroxyl groups excluding tert-OH is 2. The van der Waals surface area contributed by atoms with Crippen molar-refractivity contribution in [3.05, 3.63) is 36.5 Å². The monoisotopic (exact) mass is 262 g/mol. The summed E-state index contributed by atoms with van der Waals surface area (Å²) in [6.45, 7) is 11.7. The number of esters is 1. The molecule has 19 heavy (non-hydrogen) atoms. The van der Waals surface area contributed by atoms with Crippen molar-refractivity contribution in [3.63, 3.8) is 0 Å². The summed E-state index contributed by atoms with van der Waals surface area (Å²) in [5.74, 6) is -1.01. The zero-order valence-electron chi connectivity index (χ0n) is 10.7. The molecule has 0 spiro atoms. The van der Waals surface area contributed by atoms with Crippen LogP contribution in [0.5, 0.6) is 0 Å². The predicted octanol–water partition coefficient (Wildman–Crippen LogP) is 0.958. The summed E-state index contributed by atoms with van der Waals surface area (Å²) in [4.78, 5) is 11.7. The largest absolute Gasteiger partial charge is 0.458 e. The van der Waals surface area contributed by atoms with Crippen LogP contribution in [0.3, 0.4) is 0 Å². The van der Waals surface area contributed by atoms with Gasteiger partial charge in [0.25, 0.3) is 0 Å². The molecule has 2 aliphatic carbocycles. The van der Waals surface area contributed by atoms with Crippen molar-refractivity contribution < 1.29 is 19.7 Å². The molecule has 4 nitrogen and oxygen atoms in total. The van der Waals surface area contributed by atoms with Crippen LogP contribution in [0.2, 0.25) is 0 Å². The molecule has 1 heterocycles. The molecule has 3 aliphatic rings. The Bertz CT molecular complexity index is 492. The molecule has 1 saturated heterocycles. The predicted molar refractivity (Wildman–Crippen MR) is 69.0 cm³/mol. The number of fused-ring (bicyclic) bond motifs is 3. The quantitative estimate of drug-likeness (QED) is 0.387. The van der Waals surface area contributed by atoms with Crippen molar-refractivity contribution >= 4 is 5.97 Å². The van der Waals surface area contributed by atoms with Gasteiger partial charge in [-0.2, -0.15) is 0 Å². The van der Waals surface area contributed by atoms with E-state index in [0.29, 0.717) is 24.0 Å². The number of ether oxygens (including phenoxy) is 1. The van der Waals surface area contributed by atoms with Gasteiger partial charge >= 0.3 is 5.97 Å². The topological polar surface area (TPSA) is 66.8 Å². The minimum Gasteiger partial charge on any atom is -0.458 e. The van der Waals surface area contributed by atoms with Crippen LogP contribution < -0.4 is 0 Å². The Morgan fingerprint density at radius 3 is 2.53 bits per heavy atom. The zero-order valence-corrected chi connectivity index (χ0v) is 10.7. The van der Waals surface area contributed by atoms with Gasteiger partial charge in [-0.05, 0) is 24.3 Å². The summed E-state index contributed by atoms with van der Waals surface area (Å²) in [6, 6.07) is 0. The molecule has 102 valence electrons. The summed E-state index contributed by atoms with van der Waals surface area (Å²) in [5, 5.41) is 20.3. The molecule has 0 aromatic carbocycles. The molecule has 0 bridgehead atoms. The van der Waals surface area contributed by atoms with Crippen LogP contribution in [0.25, 0.3) is 0 Å². The van der Waals surface area contributed by atoms with Crippen LogP contribution >= 0.6 is 0 Å². The van der Waals surface area contributed by atoms with E-state index in [2.05, 4.69) is 19.7 Å². The van der Waals surface area contributed by atoms with Gasteiger partial charge < -0.3 is 14.9 Å². The van der Waals surface area contributed by atoms with Gasteiger partial charge in [0.2, 0.25) is 0 Å². The first-order valence-corrected chi connectivity index (χ1v) is 6.54. The highest BCUT2D eigenvalue weighted by molar-refractivity contribution is 5.91. The molecule has 4 heteroatoms. The molecule has 1 aliphatic heterocycles. The number of hydrogen-bond acceptors (Lipinski definition) is 4. The average Bonchev–Trinajstić information content (AvgIpc) is 2.75. The van der Waals surface area contributed by atoms with Crippen LogP contribution in [-0.2, 0) is 9.53 Å². The van der Waals surface area contributed by atoms with Crippen molar-refractivity contribution in [3.8, 4) is 0 Å². The van der Waals surface area contributed by atoms with Gasteiger partial charge in [-0.3, -0.25) is 0 Å². The molecular formula is C15H18O4. The first-order valence-electron chi connectivity index (χ1n) is 6.54. The lowest BCUT2D eigenvalue weighted by Crippen LogP contribution is -2.33. The van der Waals surface area contributed by atoms with Crippen LogP contribution in [-0.4, -0.2) is 34.5 Å². The second kappa shape index (κ2) is 4.05. The zero-order chi connectivity index (χ0) is 13.9. The Morgan fingerprint density at radius 1 is 1.16 bits per heavy atom. The van der Waals surface area contributed by atoms with Crippen LogP contribution in [0.15, 0.2) is 36.5 Å². The fourth-order valence-corrected chi connectivity index (χ4v) is 3.78. The summed E-state index contributed by atoms with van der Waals surface area (Å²) in [7, 11) is 0. The van der Waals surface area contributed by atoms with Crippen LogP contribution in [0.4, 0.5) is 0 Å². The SMILES string of the molecule is C=C1[C@@H]2C3OC(=O)C(=C)[C@@H]3[C@@H](O)CC(=C)[C@@H]2C[C@@H]1O. The number of carbonyl (C=O) groups is 1. The van der Waals surface area contributed by atoms with Gasteiger partial charge in [-0.25, -0.2) is 4.79 Å². The van der Waals surface area contributed by atoms with Gasteiger partial charge in [0.1, 0.15) is 6.10 Å². The highest BCUT2D eigenvalue weighted by atomic mass is 16.6. The van der Waals surface area contributed by atoms with Crippen molar-refractivity contribution in [2.24, 2.45) is 17.8 Å². The first kappa shape index (κ1) is 12.6. The van der Waals surface area contributed by atoms with Gasteiger partial charge in [0, 0.05) is 11.5 Å². The smallest absolute Gasteiger partial charge is 0.334 e. The van der Waals surface area contributed by atoms with E-state index in [1.807, 2.05) is 0 Å². The molecule has 6 atom stereocenters. The first-order chi connectivity index (χ1) is 8.91. The summed E-state index contributed by atoms with van der Waals surface area (Å²) >= 11 is 0. The molecule has 2 saturated carbocycles. The second-order valence-corrected chi connectivity index (χ2v) is 5.81. The summed E-state index contributed by atoms with van der Waals surface area (Å²) < 4.78 is 5.40. The van der Waals surface area contributed by atoms with E-state index < -0.39 is 30.2 Å². The van der Waals surface area contributed by atoms with E-state index in [4.69, 9.17) is 4.74 Å². The molecule has 0 amide bonds. The van der Waals surface area contributed by atoms with Crippen molar-refractivity contribution in [1.82, 2.24) is 0 Å². The van der Waals surface area contributed by atoms with Gasteiger partial charge in [0.15, 0.2) is 0 Å². The van der Waals surface area contributed by atoms with Crippen LogP contribution in [0, 0.1) is 17.8 Å². The number of aliphatic hydroxyl groups is 2. The lowest BCUT2D eigenvalue weighted by molar-refractivity contribution is -0.141. The lowest BCUT2D eigenvalue weighted by atomic mass is 9.81. The minimum absolute atomic E-state index is 0.0193. The van der Waals surface area contributed by atoms with Gasteiger partial charge in [-0.15, -0.1) is 0 Å². The fraction of sp³-hybridized carbons (Fsp3) is 0.533. The maximum absolute atomic E-state index is 11.7.